The maximum absolute atomic E-state index is 13.8. The van der Waals surface area contributed by atoms with Crippen molar-refractivity contribution in [1.29, 1.82) is 0 Å². The molecule has 4 aromatic rings. The van der Waals surface area contributed by atoms with Crippen LogP contribution in [0.4, 0.5) is 0 Å². The summed E-state index contributed by atoms with van der Waals surface area (Å²) in [4.78, 5) is 38.5. The number of benzene rings is 1. The summed E-state index contributed by atoms with van der Waals surface area (Å²) in [5.41, 5.74) is 3.93. The summed E-state index contributed by atoms with van der Waals surface area (Å²) >= 11 is 1.56. The van der Waals surface area contributed by atoms with Crippen LogP contribution in [-0.4, -0.2) is 49.7 Å². The molecule has 1 aliphatic carbocycles. The number of rotatable bonds is 5. The molecule has 0 bridgehead atoms. The molecular weight excluding hydrogens is 446 g/mol. The minimum atomic E-state index is -0.184. The molecule has 6 rings (SSSR count). The van der Waals surface area contributed by atoms with Gasteiger partial charge in [-0.3, -0.25) is 14.0 Å². The molecule has 3 aromatic heterocycles. The molecule has 1 aromatic carbocycles. The number of pyridine rings is 1. The van der Waals surface area contributed by atoms with Crippen LogP contribution in [0.1, 0.15) is 44.4 Å². The second kappa shape index (κ2) is 8.06. The SMILES string of the molecule is Cc1cccc(-c2sc(C)nc2C(=O)N2[C@H](CNC(=O)c3cnc4ccccn34)C[C@@H]3C[C@@H]32)c1. The Morgan fingerprint density at radius 3 is 2.88 bits per heavy atom. The molecule has 4 heterocycles. The fourth-order valence-corrected chi connectivity index (χ4v) is 6.04. The molecule has 7 nitrogen and oxygen atoms in total. The number of aromatic nitrogens is 3. The van der Waals surface area contributed by atoms with Crippen LogP contribution in [0.3, 0.4) is 0 Å². The number of fused-ring (bicyclic) bond motifs is 2. The molecule has 3 atom stereocenters. The monoisotopic (exact) mass is 471 g/mol. The zero-order valence-electron chi connectivity index (χ0n) is 19.1. The number of amides is 2. The number of aryl methyl sites for hydroxylation is 2. The standard InChI is InChI=1S/C26H25N5O2S/c1-15-6-5-7-17(10-15)24-23(29-16(2)34-24)26(33)31-19(11-18-12-20(18)31)13-28-25(32)21-14-27-22-8-3-4-9-30(21)22/h3-10,14,18-20H,11-13H2,1-2H3,(H,28,32)/t18-,19+,20+/m1/s1. The van der Waals surface area contributed by atoms with Crippen LogP contribution in [-0.2, 0) is 0 Å². The van der Waals surface area contributed by atoms with Crippen LogP contribution < -0.4 is 5.32 Å². The summed E-state index contributed by atoms with van der Waals surface area (Å²) in [7, 11) is 0. The van der Waals surface area contributed by atoms with Gasteiger partial charge in [-0.2, -0.15) is 0 Å². The summed E-state index contributed by atoms with van der Waals surface area (Å²) < 4.78 is 1.77. The lowest BCUT2D eigenvalue weighted by atomic mass is 10.1. The maximum atomic E-state index is 13.8. The molecule has 34 heavy (non-hydrogen) atoms. The number of piperidine rings is 1. The van der Waals surface area contributed by atoms with Crippen molar-refractivity contribution in [2.24, 2.45) is 5.92 Å². The molecule has 0 spiro atoms. The van der Waals surface area contributed by atoms with Gasteiger partial charge in [0.1, 0.15) is 17.0 Å². The van der Waals surface area contributed by atoms with Crippen molar-refractivity contribution in [3.8, 4) is 10.4 Å². The molecular formula is C26H25N5O2S. The van der Waals surface area contributed by atoms with Gasteiger partial charge in [0.15, 0.2) is 0 Å². The summed E-state index contributed by atoms with van der Waals surface area (Å²) in [5.74, 6) is 0.306. The molecule has 0 radical (unpaired) electrons. The first kappa shape index (κ1) is 21.0. The third kappa shape index (κ3) is 3.58. The van der Waals surface area contributed by atoms with E-state index in [2.05, 4.69) is 34.3 Å². The number of likely N-dealkylation sites (tertiary alicyclic amines) is 1. The maximum Gasteiger partial charge on any atom is 0.274 e. The van der Waals surface area contributed by atoms with E-state index in [9.17, 15) is 9.59 Å². The minimum absolute atomic E-state index is 0.0279. The van der Waals surface area contributed by atoms with Gasteiger partial charge in [0.25, 0.3) is 11.8 Å². The van der Waals surface area contributed by atoms with E-state index < -0.39 is 0 Å². The largest absolute Gasteiger partial charge is 0.349 e. The van der Waals surface area contributed by atoms with Gasteiger partial charge in [-0.25, -0.2) is 9.97 Å². The molecule has 1 aliphatic heterocycles. The number of imidazole rings is 1. The van der Waals surface area contributed by atoms with Crippen LogP contribution in [0.2, 0.25) is 0 Å². The van der Waals surface area contributed by atoms with Crippen molar-refractivity contribution in [3.05, 3.63) is 76.8 Å². The summed E-state index contributed by atoms with van der Waals surface area (Å²) in [5, 5.41) is 3.92. The lowest BCUT2D eigenvalue weighted by Gasteiger charge is -2.27. The van der Waals surface area contributed by atoms with E-state index in [0.29, 0.717) is 23.9 Å². The highest BCUT2D eigenvalue weighted by Crippen LogP contribution is 2.48. The fourth-order valence-electron chi connectivity index (χ4n) is 5.14. The van der Waals surface area contributed by atoms with Crippen molar-refractivity contribution in [1.82, 2.24) is 24.6 Å². The van der Waals surface area contributed by atoms with Crippen LogP contribution in [0.25, 0.3) is 16.1 Å². The van der Waals surface area contributed by atoms with E-state index in [0.717, 1.165) is 39.5 Å². The fraction of sp³-hybridized carbons (Fsp3) is 0.308. The van der Waals surface area contributed by atoms with Gasteiger partial charge in [-0.15, -0.1) is 11.3 Å². The molecule has 2 amide bonds. The quantitative estimate of drug-likeness (QED) is 0.475. The Hall–Kier alpha value is -3.52. The summed E-state index contributed by atoms with van der Waals surface area (Å²) in [6, 6.07) is 14.0. The predicted octanol–water partition coefficient (Wildman–Crippen LogP) is 4.11. The van der Waals surface area contributed by atoms with Crippen LogP contribution in [0.5, 0.6) is 0 Å². The first-order valence-electron chi connectivity index (χ1n) is 11.6. The number of carbonyl (C=O) groups is 2. The number of nitrogens with one attached hydrogen (secondary N) is 1. The second-order valence-electron chi connectivity index (χ2n) is 9.23. The zero-order chi connectivity index (χ0) is 23.4. The molecule has 1 N–H and O–H groups in total. The Kier molecular flexibility index (Phi) is 4.99. The highest BCUT2D eigenvalue weighted by Gasteiger charge is 2.54. The van der Waals surface area contributed by atoms with Gasteiger partial charge in [-0.05, 0) is 50.3 Å². The molecule has 1 saturated carbocycles. The van der Waals surface area contributed by atoms with Crippen molar-refractivity contribution < 1.29 is 9.59 Å². The average Bonchev–Trinajstić information content (AvgIpc) is 3.17. The normalized spacial score (nSPS) is 21.0. The molecule has 172 valence electrons. The number of nitrogens with zero attached hydrogens (tertiary/aromatic N) is 4. The van der Waals surface area contributed by atoms with Gasteiger partial charge in [0.05, 0.1) is 22.1 Å². The van der Waals surface area contributed by atoms with Crippen molar-refractivity contribution >= 4 is 28.8 Å². The van der Waals surface area contributed by atoms with Crippen LogP contribution in [0, 0.1) is 19.8 Å². The molecule has 2 fully saturated rings. The van der Waals surface area contributed by atoms with E-state index in [4.69, 9.17) is 0 Å². The Morgan fingerprint density at radius 1 is 1.15 bits per heavy atom. The average molecular weight is 472 g/mol. The van der Waals surface area contributed by atoms with E-state index in [1.807, 2.05) is 48.4 Å². The minimum Gasteiger partial charge on any atom is -0.349 e. The highest BCUT2D eigenvalue weighted by atomic mass is 32.1. The summed E-state index contributed by atoms with van der Waals surface area (Å²) in [6.45, 7) is 4.41. The third-order valence-electron chi connectivity index (χ3n) is 6.81. The number of hydrogen-bond acceptors (Lipinski definition) is 5. The number of hydrogen-bond donors (Lipinski definition) is 1. The predicted molar refractivity (Wildman–Crippen MR) is 131 cm³/mol. The first-order valence-corrected chi connectivity index (χ1v) is 12.4. The third-order valence-corrected chi connectivity index (χ3v) is 7.83. The second-order valence-corrected chi connectivity index (χ2v) is 10.4. The lowest BCUT2D eigenvalue weighted by molar-refractivity contribution is 0.0684. The Balaban J connectivity index is 1.23. The highest BCUT2D eigenvalue weighted by molar-refractivity contribution is 7.15. The van der Waals surface area contributed by atoms with Crippen molar-refractivity contribution in [2.45, 2.75) is 38.8 Å². The van der Waals surface area contributed by atoms with Gasteiger partial charge in [0.2, 0.25) is 0 Å². The Bertz CT molecular complexity index is 1420. The van der Waals surface area contributed by atoms with Crippen molar-refractivity contribution in [2.75, 3.05) is 6.54 Å². The van der Waals surface area contributed by atoms with Crippen molar-refractivity contribution in [3.63, 3.8) is 0 Å². The van der Waals surface area contributed by atoms with Gasteiger partial charge < -0.3 is 10.2 Å². The van der Waals surface area contributed by atoms with Gasteiger partial charge in [-0.1, -0.05) is 35.9 Å². The number of carbonyl (C=O) groups excluding carboxylic acids is 2. The summed E-state index contributed by atoms with van der Waals surface area (Å²) in [6.07, 6.45) is 5.36. The number of thiazole rings is 1. The first-order chi connectivity index (χ1) is 16.5. The Morgan fingerprint density at radius 2 is 2.03 bits per heavy atom. The molecule has 2 aliphatic rings. The smallest absolute Gasteiger partial charge is 0.274 e. The Labute approximate surface area is 201 Å². The molecule has 8 heteroatoms. The van der Waals surface area contributed by atoms with Gasteiger partial charge in [0, 0.05) is 18.8 Å². The van der Waals surface area contributed by atoms with Crippen LogP contribution >= 0.6 is 11.3 Å². The van der Waals surface area contributed by atoms with E-state index in [-0.39, 0.29) is 23.9 Å². The van der Waals surface area contributed by atoms with Crippen LogP contribution in [0.15, 0.2) is 54.9 Å². The van der Waals surface area contributed by atoms with E-state index >= 15 is 0 Å². The molecule has 1 saturated heterocycles. The van der Waals surface area contributed by atoms with E-state index in [1.165, 1.54) is 0 Å². The lowest BCUT2D eigenvalue weighted by Crippen LogP contribution is -2.45. The molecule has 0 unspecified atom stereocenters. The zero-order valence-corrected chi connectivity index (χ0v) is 19.9. The van der Waals surface area contributed by atoms with Gasteiger partial charge >= 0.3 is 0 Å². The van der Waals surface area contributed by atoms with E-state index in [1.54, 1.807) is 21.9 Å². The topological polar surface area (TPSA) is 79.6 Å².